The van der Waals surface area contributed by atoms with Gasteiger partial charge in [0.15, 0.2) is 0 Å². The molecular formula is C14H19FN4. The third-order valence-corrected chi connectivity index (χ3v) is 3.00. The highest BCUT2D eigenvalue weighted by Gasteiger charge is 2.16. The van der Waals surface area contributed by atoms with Gasteiger partial charge in [0, 0.05) is 37.5 Å². The fourth-order valence-electron chi connectivity index (χ4n) is 2.06. The molecule has 5 heteroatoms. The number of aryl methyl sites for hydroxylation is 1. The lowest BCUT2D eigenvalue weighted by Gasteiger charge is -2.18. The van der Waals surface area contributed by atoms with E-state index in [4.69, 9.17) is 0 Å². The van der Waals surface area contributed by atoms with Crippen LogP contribution in [0.4, 0.5) is 4.39 Å². The van der Waals surface area contributed by atoms with Crippen LogP contribution in [0.25, 0.3) is 0 Å². The van der Waals surface area contributed by atoms with Crippen LogP contribution in [0.3, 0.4) is 0 Å². The van der Waals surface area contributed by atoms with Crippen molar-refractivity contribution in [2.75, 3.05) is 6.54 Å². The standard InChI is InChI=1S/C14H19FN4/c1-3-6-17-14(9-11-5-8-19(2)18-11)12-4-7-16-10-13(12)15/h4-5,7-8,10,14,17H,3,6,9H2,1-2H3. The van der Waals surface area contributed by atoms with Gasteiger partial charge in [-0.15, -0.1) is 0 Å². The van der Waals surface area contributed by atoms with Crippen LogP contribution in [-0.4, -0.2) is 21.3 Å². The predicted octanol–water partition coefficient (Wildman–Crippen LogP) is 2.24. The van der Waals surface area contributed by atoms with Crippen LogP contribution >= 0.6 is 0 Å². The summed E-state index contributed by atoms with van der Waals surface area (Å²) in [4.78, 5) is 3.80. The highest BCUT2D eigenvalue weighted by atomic mass is 19.1. The van der Waals surface area contributed by atoms with Crippen LogP contribution in [0, 0.1) is 5.82 Å². The molecule has 0 fully saturated rings. The van der Waals surface area contributed by atoms with E-state index < -0.39 is 0 Å². The lowest BCUT2D eigenvalue weighted by atomic mass is 10.0. The largest absolute Gasteiger partial charge is 0.310 e. The van der Waals surface area contributed by atoms with E-state index in [0.717, 1.165) is 18.7 Å². The molecule has 0 aliphatic carbocycles. The Bertz CT molecular complexity index is 524. The summed E-state index contributed by atoms with van der Waals surface area (Å²) >= 11 is 0. The Morgan fingerprint density at radius 2 is 2.26 bits per heavy atom. The second kappa shape index (κ2) is 6.43. The summed E-state index contributed by atoms with van der Waals surface area (Å²) in [5, 5.41) is 7.72. The Morgan fingerprint density at radius 1 is 1.42 bits per heavy atom. The second-order valence-corrected chi connectivity index (χ2v) is 4.59. The van der Waals surface area contributed by atoms with E-state index in [2.05, 4.69) is 22.3 Å². The molecule has 2 aromatic heterocycles. The van der Waals surface area contributed by atoms with E-state index in [1.165, 1.54) is 6.20 Å². The molecule has 0 saturated heterocycles. The highest BCUT2D eigenvalue weighted by Crippen LogP contribution is 2.19. The van der Waals surface area contributed by atoms with Gasteiger partial charge in [0.05, 0.1) is 11.9 Å². The third kappa shape index (κ3) is 3.61. The Balaban J connectivity index is 2.18. The van der Waals surface area contributed by atoms with Gasteiger partial charge in [0.1, 0.15) is 5.82 Å². The lowest BCUT2D eigenvalue weighted by molar-refractivity contribution is 0.489. The quantitative estimate of drug-likeness (QED) is 0.868. The lowest BCUT2D eigenvalue weighted by Crippen LogP contribution is -2.25. The van der Waals surface area contributed by atoms with Crippen LogP contribution < -0.4 is 5.32 Å². The number of nitrogens with zero attached hydrogens (tertiary/aromatic N) is 3. The first-order valence-electron chi connectivity index (χ1n) is 6.52. The zero-order chi connectivity index (χ0) is 13.7. The average Bonchev–Trinajstić information content (AvgIpc) is 2.81. The summed E-state index contributed by atoms with van der Waals surface area (Å²) in [7, 11) is 1.88. The molecule has 2 heterocycles. The molecule has 1 unspecified atom stereocenters. The molecule has 102 valence electrons. The Hall–Kier alpha value is -1.75. The normalized spacial score (nSPS) is 12.6. The van der Waals surface area contributed by atoms with Gasteiger partial charge in [-0.3, -0.25) is 9.67 Å². The van der Waals surface area contributed by atoms with Crippen LogP contribution in [0.5, 0.6) is 0 Å². The van der Waals surface area contributed by atoms with Gasteiger partial charge in [-0.25, -0.2) is 4.39 Å². The number of hydrogen-bond donors (Lipinski definition) is 1. The minimum Gasteiger partial charge on any atom is -0.310 e. The fourth-order valence-corrected chi connectivity index (χ4v) is 2.06. The molecule has 1 atom stereocenters. The number of halogens is 1. The number of nitrogens with one attached hydrogen (secondary N) is 1. The minimum absolute atomic E-state index is 0.0714. The maximum Gasteiger partial charge on any atom is 0.146 e. The Morgan fingerprint density at radius 3 is 2.89 bits per heavy atom. The fraction of sp³-hybridized carbons (Fsp3) is 0.429. The molecule has 2 aromatic rings. The maximum absolute atomic E-state index is 13.8. The highest BCUT2D eigenvalue weighted by molar-refractivity contribution is 5.19. The topological polar surface area (TPSA) is 42.7 Å². The summed E-state index contributed by atoms with van der Waals surface area (Å²) in [5.74, 6) is -0.271. The third-order valence-electron chi connectivity index (χ3n) is 3.00. The smallest absolute Gasteiger partial charge is 0.146 e. The molecule has 0 bridgehead atoms. The van der Waals surface area contributed by atoms with E-state index in [0.29, 0.717) is 12.0 Å². The van der Waals surface area contributed by atoms with Crippen molar-refractivity contribution in [3.8, 4) is 0 Å². The van der Waals surface area contributed by atoms with Crippen molar-refractivity contribution in [2.24, 2.45) is 7.05 Å². The van der Waals surface area contributed by atoms with Gasteiger partial charge < -0.3 is 5.32 Å². The monoisotopic (exact) mass is 262 g/mol. The van der Waals surface area contributed by atoms with Crippen molar-refractivity contribution in [3.05, 3.63) is 47.8 Å². The molecule has 0 aliphatic heterocycles. The van der Waals surface area contributed by atoms with Crippen LogP contribution in [0.15, 0.2) is 30.7 Å². The van der Waals surface area contributed by atoms with E-state index in [9.17, 15) is 4.39 Å². The van der Waals surface area contributed by atoms with Crippen LogP contribution in [0.1, 0.15) is 30.6 Å². The van der Waals surface area contributed by atoms with Crippen molar-refractivity contribution in [3.63, 3.8) is 0 Å². The zero-order valence-electron chi connectivity index (χ0n) is 11.3. The van der Waals surface area contributed by atoms with E-state index >= 15 is 0 Å². The zero-order valence-corrected chi connectivity index (χ0v) is 11.3. The molecule has 0 amide bonds. The summed E-state index contributed by atoms with van der Waals surface area (Å²) in [6.45, 7) is 2.94. The van der Waals surface area contributed by atoms with E-state index in [-0.39, 0.29) is 11.9 Å². The first-order valence-corrected chi connectivity index (χ1v) is 6.52. The molecule has 4 nitrogen and oxygen atoms in total. The predicted molar refractivity (Wildman–Crippen MR) is 72.1 cm³/mol. The second-order valence-electron chi connectivity index (χ2n) is 4.59. The summed E-state index contributed by atoms with van der Waals surface area (Å²) in [5.41, 5.74) is 1.60. The molecular weight excluding hydrogens is 243 g/mol. The Labute approximate surface area is 112 Å². The summed E-state index contributed by atoms with van der Waals surface area (Å²) < 4.78 is 15.6. The molecule has 2 rings (SSSR count). The van der Waals surface area contributed by atoms with Crippen molar-refractivity contribution in [1.29, 1.82) is 0 Å². The SMILES string of the molecule is CCCNC(Cc1ccn(C)n1)c1ccncc1F. The summed E-state index contributed by atoms with van der Waals surface area (Å²) in [6, 6.07) is 3.61. The van der Waals surface area contributed by atoms with Crippen molar-refractivity contribution in [2.45, 2.75) is 25.8 Å². The number of pyridine rings is 1. The minimum atomic E-state index is -0.271. The number of hydrogen-bond acceptors (Lipinski definition) is 3. The van der Waals surface area contributed by atoms with Gasteiger partial charge in [-0.05, 0) is 25.1 Å². The van der Waals surface area contributed by atoms with E-state index in [1.54, 1.807) is 16.9 Å². The maximum atomic E-state index is 13.8. The Kier molecular flexibility index (Phi) is 4.63. The number of aromatic nitrogens is 3. The van der Waals surface area contributed by atoms with Crippen LogP contribution in [-0.2, 0) is 13.5 Å². The molecule has 0 radical (unpaired) electrons. The molecule has 19 heavy (non-hydrogen) atoms. The number of rotatable bonds is 6. The molecule has 0 spiro atoms. The first-order chi connectivity index (χ1) is 9.20. The molecule has 0 aliphatic rings. The van der Waals surface area contributed by atoms with Crippen LogP contribution in [0.2, 0.25) is 0 Å². The van der Waals surface area contributed by atoms with Gasteiger partial charge in [0.25, 0.3) is 0 Å². The summed E-state index contributed by atoms with van der Waals surface area (Å²) in [6.07, 6.45) is 6.45. The first kappa shape index (κ1) is 13.7. The molecule has 0 saturated carbocycles. The van der Waals surface area contributed by atoms with E-state index in [1.807, 2.05) is 19.3 Å². The molecule has 0 aromatic carbocycles. The van der Waals surface area contributed by atoms with Crippen molar-refractivity contribution >= 4 is 0 Å². The van der Waals surface area contributed by atoms with Gasteiger partial charge in [-0.2, -0.15) is 5.10 Å². The van der Waals surface area contributed by atoms with Crippen molar-refractivity contribution < 1.29 is 4.39 Å². The van der Waals surface area contributed by atoms with Gasteiger partial charge >= 0.3 is 0 Å². The molecule has 1 N–H and O–H groups in total. The van der Waals surface area contributed by atoms with Gasteiger partial charge in [-0.1, -0.05) is 6.92 Å². The average molecular weight is 262 g/mol. The van der Waals surface area contributed by atoms with Crippen molar-refractivity contribution in [1.82, 2.24) is 20.1 Å². The van der Waals surface area contributed by atoms with Gasteiger partial charge in [0.2, 0.25) is 0 Å².